The number of fused-ring (bicyclic) bond motifs is 4. The van der Waals surface area contributed by atoms with Crippen LogP contribution in [0.3, 0.4) is 0 Å². The zero-order valence-electron chi connectivity index (χ0n) is 49.4. The molecule has 20 nitrogen and oxygen atoms in total. The normalized spacial score (nSPS) is 10.6. The van der Waals surface area contributed by atoms with E-state index in [2.05, 4.69) is 82.7 Å². The molecule has 0 amide bonds. The van der Waals surface area contributed by atoms with Gasteiger partial charge in [-0.25, -0.2) is 20.1 Å². The van der Waals surface area contributed by atoms with E-state index in [1.165, 1.54) is 34.0 Å². The van der Waals surface area contributed by atoms with Gasteiger partial charge in [-0.3, -0.25) is 9.78 Å². The van der Waals surface area contributed by atoms with Gasteiger partial charge in [-0.05, 0) is 71.3 Å². The van der Waals surface area contributed by atoms with Crippen LogP contribution in [0.25, 0.3) is 76.9 Å². The SMILES string of the molecule is Clc1nnc(OCc2ccccc2)c2ccc(-c3cscn3)cc12.Clc1nnc(OCc2ccccc2)c2ccc(Br)cc12.N#Cc1nnc(OCc2ccccc2)c2ccc(-c3cscn3)cc12.NCc1n[nH]c(=O)c2ccc(-c3cscn3)cc12.OB(O)c1cscn1. The Morgan fingerprint density at radius 2 is 0.905 bits per heavy atom. The van der Waals surface area contributed by atoms with Gasteiger partial charge in [-0.15, -0.1) is 75.9 Å². The van der Waals surface area contributed by atoms with Crippen LogP contribution >= 0.6 is 84.5 Å². The van der Waals surface area contributed by atoms with Crippen LogP contribution in [0.1, 0.15) is 28.1 Å². The summed E-state index contributed by atoms with van der Waals surface area (Å²) >= 11 is 21.7. The van der Waals surface area contributed by atoms with Gasteiger partial charge in [0, 0.05) is 86.9 Å². The van der Waals surface area contributed by atoms with Crippen LogP contribution in [0.2, 0.25) is 10.3 Å². The lowest BCUT2D eigenvalue weighted by molar-refractivity contribution is 0.294. The van der Waals surface area contributed by atoms with Crippen molar-refractivity contribution in [2.45, 2.75) is 26.4 Å². The minimum Gasteiger partial charge on any atom is -0.471 e. The summed E-state index contributed by atoms with van der Waals surface area (Å²) in [7, 11) is -1.42. The number of nitrogens with two attached hydrogens (primary N) is 1. The van der Waals surface area contributed by atoms with Gasteiger partial charge in [0.2, 0.25) is 17.6 Å². The monoisotopic (exact) mass is 1430 g/mol. The van der Waals surface area contributed by atoms with Gasteiger partial charge in [0.25, 0.3) is 5.56 Å². The van der Waals surface area contributed by atoms with Crippen molar-refractivity contribution in [1.82, 2.24) is 60.7 Å². The number of H-pyrrole nitrogens is 1. The average molecular weight is 1440 g/mol. The van der Waals surface area contributed by atoms with Gasteiger partial charge in [0.15, 0.2) is 16.0 Å². The molecule has 0 spiro atoms. The molecule has 0 radical (unpaired) electrons. The lowest BCUT2D eigenvalue weighted by Crippen LogP contribution is -2.30. The predicted octanol–water partition coefficient (Wildman–Crippen LogP) is 14.1. The van der Waals surface area contributed by atoms with Gasteiger partial charge < -0.3 is 30.0 Å². The number of hydrogen-bond donors (Lipinski definition) is 4. The fraction of sp³-hybridized carbons (Fsp3) is 0.0597. The number of nitriles is 1. The van der Waals surface area contributed by atoms with E-state index in [1.54, 1.807) is 44.8 Å². The standard InChI is InChI=1S/C19H12N4OS.C18H12ClN3OS.C15H10BrClN2O.C12H10N4OS.C3H4BNO2S/c20-9-17-16-8-14(18-11-25-12-21-18)6-7-15(16)19(23-22-17)24-10-13-4-2-1-3-5-13;19-17-15-8-13(16-10-24-11-20-16)6-7-14(15)18(22-21-17)23-9-12-4-2-1-3-5-12;16-11-6-7-12-13(8-11)14(17)18-19-15(12)20-9-10-4-2-1-3-5-10;13-4-10-9-3-7(11-5-18-6-14-11)1-2-8(9)12(17)16-15-10;6-4(7)3-1-8-2-5-3/h1-8,11-12H,10H2;1-8,10-11H,9H2;1-8H,9H2;1-3,5-6H,4,13H2,(H,16,17);1-2,6-7H. The maximum absolute atomic E-state index is 11.7. The fourth-order valence-corrected chi connectivity index (χ4v) is 12.1. The summed E-state index contributed by atoms with van der Waals surface area (Å²) < 4.78 is 18.4. The maximum Gasteiger partial charge on any atom is 0.509 e. The molecule has 0 atom stereocenters. The van der Waals surface area contributed by atoms with Gasteiger partial charge in [0.05, 0.1) is 55.8 Å². The zero-order chi connectivity index (χ0) is 65.9. The van der Waals surface area contributed by atoms with E-state index in [9.17, 15) is 10.1 Å². The highest BCUT2D eigenvalue weighted by molar-refractivity contribution is 9.10. The second-order valence-corrected chi connectivity index (χ2v) is 24.5. The van der Waals surface area contributed by atoms with E-state index < -0.39 is 7.12 Å². The Morgan fingerprint density at radius 3 is 1.33 bits per heavy atom. The summed E-state index contributed by atoms with van der Waals surface area (Å²) in [5.41, 5.74) is 22.4. The van der Waals surface area contributed by atoms with Crippen LogP contribution in [0, 0.1) is 11.3 Å². The smallest absolute Gasteiger partial charge is 0.471 e. The molecule has 0 unspecified atom stereocenters. The second-order valence-electron chi connectivity index (χ2n) is 20.0. The summed E-state index contributed by atoms with van der Waals surface area (Å²) in [4.78, 5) is 28.2. The third kappa shape index (κ3) is 17.3. The molecule has 0 saturated carbocycles. The number of aromatic amines is 1. The highest BCUT2D eigenvalue weighted by Crippen LogP contribution is 2.35. The number of nitrogens with zero attached hydrogens (tertiary/aromatic N) is 12. The number of nitrogens with one attached hydrogen (secondary N) is 1. The first-order valence-corrected chi connectivity index (χ1v) is 33.7. The first kappa shape index (κ1) is 66.6. The molecule has 8 aromatic heterocycles. The van der Waals surface area contributed by atoms with Crippen molar-refractivity contribution in [2.75, 3.05) is 0 Å². The van der Waals surface area contributed by atoms with Crippen molar-refractivity contribution < 1.29 is 24.3 Å². The van der Waals surface area contributed by atoms with Crippen molar-refractivity contribution >= 4 is 140 Å². The molecular weight excluding hydrogens is 1390 g/mol. The number of benzene rings is 7. The third-order valence-electron chi connectivity index (χ3n) is 13.8. The lowest BCUT2D eigenvalue weighted by Gasteiger charge is -2.09. The molecule has 0 fully saturated rings. The Kier molecular flexibility index (Phi) is 23.0. The van der Waals surface area contributed by atoms with Crippen molar-refractivity contribution in [3.05, 3.63) is 261 Å². The number of ether oxygens (including phenoxy) is 3. The summed E-state index contributed by atoms with van der Waals surface area (Å²) in [5.74, 6) is 1.38. The number of halogens is 3. The van der Waals surface area contributed by atoms with Crippen LogP contribution in [0.5, 0.6) is 17.6 Å². The molecule has 0 bridgehead atoms. The van der Waals surface area contributed by atoms with E-state index in [1.807, 2.05) is 174 Å². The summed E-state index contributed by atoms with van der Waals surface area (Å²) in [6.45, 7) is 1.56. The Balaban J connectivity index is 0.000000125. The van der Waals surface area contributed by atoms with Gasteiger partial charge in [-0.1, -0.05) is 148 Å². The second kappa shape index (κ2) is 32.8. The van der Waals surface area contributed by atoms with Gasteiger partial charge in [0.1, 0.15) is 25.9 Å². The largest absolute Gasteiger partial charge is 0.509 e. The van der Waals surface area contributed by atoms with Crippen LogP contribution < -0.4 is 31.1 Å². The van der Waals surface area contributed by atoms with Crippen molar-refractivity contribution in [3.63, 3.8) is 0 Å². The fourth-order valence-electron chi connectivity index (χ4n) is 9.15. The molecule has 0 aliphatic rings. The highest BCUT2D eigenvalue weighted by Gasteiger charge is 2.16. The van der Waals surface area contributed by atoms with E-state index >= 15 is 0 Å². The van der Waals surface area contributed by atoms with E-state index in [0.29, 0.717) is 69.8 Å². The highest BCUT2D eigenvalue weighted by atomic mass is 79.9. The minimum absolute atomic E-state index is 0.202. The number of aromatic nitrogens is 12. The van der Waals surface area contributed by atoms with Crippen molar-refractivity contribution in [3.8, 4) is 57.5 Å². The maximum atomic E-state index is 11.7. The molecule has 15 rings (SSSR count). The van der Waals surface area contributed by atoms with Gasteiger partial charge >= 0.3 is 7.12 Å². The molecule has 470 valence electrons. The summed E-state index contributed by atoms with van der Waals surface area (Å²) in [5, 5.41) is 71.2. The van der Waals surface area contributed by atoms with E-state index in [0.717, 1.165) is 87.3 Å². The number of hydrogen-bond acceptors (Lipinski definition) is 23. The molecule has 95 heavy (non-hydrogen) atoms. The molecule has 7 aromatic carbocycles. The Hall–Kier alpha value is -9.89. The molecule has 8 heterocycles. The van der Waals surface area contributed by atoms with Gasteiger partial charge in [-0.2, -0.15) is 10.4 Å². The summed E-state index contributed by atoms with van der Waals surface area (Å²) in [6.07, 6.45) is 0. The average Bonchev–Trinajstić information content (AvgIpc) is 1.46. The molecule has 28 heteroatoms. The molecular formula is C67H48BBrCl2N14O6S4. The van der Waals surface area contributed by atoms with Crippen LogP contribution in [-0.2, 0) is 26.4 Å². The quantitative estimate of drug-likeness (QED) is 0.0736. The minimum atomic E-state index is -1.42. The first-order chi connectivity index (χ1) is 46.5. The molecule has 0 aliphatic carbocycles. The topological polar surface area (TPSA) is 293 Å². The molecule has 15 aromatic rings. The molecule has 5 N–H and O–H groups in total. The van der Waals surface area contributed by atoms with Crippen molar-refractivity contribution in [1.29, 1.82) is 5.26 Å². The predicted molar refractivity (Wildman–Crippen MR) is 379 cm³/mol. The van der Waals surface area contributed by atoms with Crippen molar-refractivity contribution in [2.24, 2.45) is 5.73 Å². The van der Waals surface area contributed by atoms with E-state index in [-0.39, 0.29) is 17.8 Å². The lowest BCUT2D eigenvalue weighted by atomic mass is 9.88. The Labute approximate surface area is 576 Å². The van der Waals surface area contributed by atoms with E-state index in [4.69, 9.17) is 53.2 Å². The molecule has 0 saturated heterocycles. The van der Waals surface area contributed by atoms with Crippen LogP contribution in [-0.4, -0.2) is 77.9 Å². The Morgan fingerprint density at radius 1 is 0.495 bits per heavy atom. The number of rotatable bonds is 14. The van der Waals surface area contributed by atoms with Crippen LogP contribution in [0.4, 0.5) is 0 Å². The summed E-state index contributed by atoms with van der Waals surface area (Å²) in [6, 6.07) is 54.8. The third-order valence-corrected chi connectivity index (χ3v) is 17.2. The zero-order valence-corrected chi connectivity index (χ0v) is 55.7. The number of thiazole rings is 4. The first-order valence-electron chi connectivity index (χ1n) is 28.4. The molecule has 0 aliphatic heterocycles. The Bertz CT molecular complexity index is 5100. The van der Waals surface area contributed by atoms with Crippen LogP contribution in [0.15, 0.2) is 217 Å².